The first-order valence-electron chi connectivity index (χ1n) is 3.98. The lowest BCUT2D eigenvalue weighted by atomic mass is 9.93. The molecule has 0 aromatic heterocycles. The maximum atomic E-state index is 3.70. The van der Waals surface area contributed by atoms with Crippen LogP contribution in [0.25, 0.3) is 0 Å². The summed E-state index contributed by atoms with van der Waals surface area (Å²) in [4.78, 5) is 0. The van der Waals surface area contributed by atoms with Crippen molar-refractivity contribution in [3.8, 4) is 0 Å². The summed E-state index contributed by atoms with van der Waals surface area (Å²) in [7, 11) is 2.02. The van der Waals surface area contributed by atoms with E-state index in [4.69, 9.17) is 0 Å². The zero-order valence-corrected chi connectivity index (χ0v) is 7.41. The molecule has 0 aliphatic rings. The SMILES string of the molecule is C=CCC[C@](C)(CC)NC. The third kappa shape index (κ3) is 3.02. The summed E-state index contributed by atoms with van der Waals surface area (Å²) < 4.78 is 0. The van der Waals surface area contributed by atoms with Gasteiger partial charge >= 0.3 is 0 Å². The number of hydrogen-bond acceptors (Lipinski definition) is 1. The van der Waals surface area contributed by atoms with Gasteiger partial charge in [-0.3, -0.25) is 0 Å². The molecule has 0 aliphatic heterocycles. The van der Waals surface area contributed by atoms with Crippen molar-refractivity contribution < 1.29 is 0 Å². The van der Waals surface area contributed by atoms with Crippen molar-refractivity contribution in [1.29, 1.82) is 0 Å². The minimum absolute atomic E-state index is 0.314. The van der Waals surface area contributed by atoms with E-state index in [9.17, 15) is 0 Å². The third-order valence-electron chi connectivity index (χ3n) is 2.28. The van der Waals surface area contributed by atoms with Crippen LogP contribution in [0.3, 0.4) is 0 Å². The second-order valence-electron chi connectivity index (χ2n) is 2.99. The summed E-state index contributed by atoms with van der Waals surface area (Å²) in [5, 5.41) is 3.32. The lowest BCUT2D eigenvalue weighted by Gasteiger charge is -2.27. The van der Waals surface area contributed by atoms with Crippen LogP contribution in [0.15, 0.2) is 12.7 Å². The van der Waals surface area contributed by atoms with E-state index < -0.39 is 0 Å². The second-order valence-corrected chi connectivity index (χ2v) is 2.99. The molecule has 0 unspecified atom stereocenters. The molecular weight excluding hydrogens is 122 g/mol. The normalized spacial score (nSPS) is 16.3. The van der Waals surface area contributed by atoms with E-state index in [1.165, 1.54) is 12.8 Å². The molecule has 10 heavy (non-hydrogen) atoms. The van der Waals surface area contributed by atoms with Gasteiger partial charge in [0.2, 0.25) is 0 Å². The monoisotopic (exact) mass is 141 g/mol. The molecule has 0 bridgehead atoms. The van der Waals surface area contributed by atoms with E-state index >= 15 is 0 Å². The van der Waals surface area contributed by atoms with E-state index in [-0.39, 0.29) is 0 Å². The molecule has 0 rings (SSSR count). The molecule has 60 valence electrons. The summed E-state index contributed by atoms with van der Waals surface area (Å²) >= 11 is 0. The van der Waals surface area contributed by atoms with Gasteiger partial charge in [0.1, 0.15) is 0 Å². The van der Waals surface area contributed by atoms with Gasteiger partial charge in [0.15, 0.2) is 0 Å². The molecule has 0 aromatic carbocycles. The van der Waals surface area contributed by atoms with Crippen molar-refractivity contribution in [3.05, 3.63) is 12.7 Å². The van der Waals surface area contributed by atoms with E-state index in [0.717, 1.165) is 6.42 Å². The van der Waals surface area contributed by atoms with Crippen LogP contribution in [0.1, 0.15) is 33.1 Å². The van der Waals surface area contributed by atoms with Crippen LogP contribution in [0.4, 0.5) is 0 Å². The van der Waals surface area contributed by atoms with Gasteiger partial charge in [0.05, 0.1) is 0 Å². The maximum absolute atomic E-state index is 3.70. The predicted molar refractivity (Wildman–Crippen MR) is 47.2 cm³/mol. The van der Waals surface area contributed by atoms with Crippen LogP contribution in [0, 0.1) is 0 Å². The Morgan fingerprint density at radius 1 is 1.60 bits per heavy atom. The predicted octanol–water partition coefficient (Wildman–Crippen LogP) is 2.34. The van der Waals surface area contributed by atoms with Gasteiger partial charge in [0.25, 0.3) is 0 Å². The Morgan fingerprint density at radius 2 is 2.20 bits per heavy atom. The fraction of sp³-hybridized carbons (Fsp3) is 0.778. The molecule has 0 saturated heterocycles. The minimum Gasteiger partial charge on any atom is -0.315 e. The van der Waals surface area contributed by atoms with Gasteiger partial charge in [-0.2, -0.15) is 0 Å². The number of rotatable bonds is 5. The Labute approximate surface area is 64.5 Å². The van der Waals surface area contributed by atoms with Crippen LogP contribution in [-0.2, 0) is 0 Å². The molecule has 0 spiro atoms. The van der Waals surface area contributed by atoms with Crippen molar-refractivity contribution in [1.82, 2.24) is 5.32 Å². The smallest absolute Gasteiger partial charge is 0.0150 e. The van der Waals surface area contributed by atoms with Crippen LogP contribution in [0.5, 0.6) is 0 Å². The topological polar surface area (TPSA) is 12.0 Å². The lowest BCUT2D eigenvalue weighted by Crippen LogP contribution is -2.38. The first kappa shape index (κ1) is 9.70. The van der Waals surface area contributed by atoms with Crippen molar-refractivity contribution in [2.24, 2.45) is 0 Å². The average Bonchev–Trinajstić information content (AvgIpc) is 2.00. The van der Waals surface area contributed by atoms with E-state index in [1.807, 2.05) is 13.1 Å². The first-order valence-corrected chi connectivity index (χ1v) is 3.98. The van der Waals surface area contributed by atoms with Crippen molar-refractivity contribution in [2.45, 2.75) is 38.6 Å². The zero-order valence-electron chi connectivity index (χ0n) is 7.41. The molecule has 0 aliphatic carbocycles. The number of nitrogens with one attached hydrogen (secondary N) is 1. The number of allylic oxidation sites excluding steroid dienone is 1. The van der Waals surface area contributed by atoms with E-state index in [2.05, 4.69) is 25.7 Å². The largest absolute Gasteiger partial charge is 0.315 e. The summed E-state index contributed by atoms with van der Waals surface area (Å²) in [6, 6.07) is 0. The van der Waals surface area contributed by atoms with Crippen LogP contribution >= 0.6 is 0 Å². The number of hydrogen-bond donors (Lipinski definition) is 1. The fourth-order valence-corrected chi connectivity index (χ4v) is 0.899. The molecule has 0 radical (unpaired) electrons. The van der Waals surface area contributed by atoms with Gasteiger partial charge in [-0.15, -0.1) is 6.58 Å². The van der Waals surface area contributed by atoms with Crippen LogP contribution in [0.2, 0.25) is 0 Å². The molecule has 1 atom stereocenters. The maximum Gasteiger partial charge on any atom is 0.0150 e. The van der Waals surface area contributed by atoms with Crippen molar-refractivity contribution >= 4 is 0 Å². The summed E-state index contributed by atoms with van der Waals surface area (Å²) in [6.07, 6.45) is 5.44. The van der Waals surface area contributed by atoms with Crippen LogP contribution < -0.4 is 5.32 Å². The zero-order chi connectivity index (χ0) is 8.04. The molecule has 1 N–H and O–H groups in total. The quantitative estimate of drug-likeness (QED) is 0.579. The van der Waals surface area contributed by atoms with Gasteiger partial charge in [0, 0.05) is 5.54 Å². The molecule has 1 heteroatoms. The van der Waals surface area contributed by atoms with E-state index in [1.54, 1.807) is 0 Å². The highest BCUT2D eigenvalue weighted by Gasteiger charge is 2.16. The summed E-state index contributed by atoms with van der Waals surface area (Å²) in [6.45, 7) is 8.16. The first-order chi connectivity index (χ1) is 4.68. The van der Waals surface area contributed by atoms with Gasteiger partial charge in [-0.25, -0.2) is 0 Å². The highest BCUT2D eigenvalue weighted by Crippen LogP contribution is 2.15. The van der Waals surface area contributed by atoms with E-state index in [0.29, 0.717) is 5.54 Å². The second kappa shape index (κ2) is 4.51. The Morgan fingerprint density at radius 3 is 2.50 bits per heavy atom. The standard InChI is InChI=1S/C9H19N/c1-5-7-8-9(3,6-2)10-4/h5,10H,1,6-8H2,2-4H3/t9-/m0/s1. The van der Waals surface area contributed by atoms with Crippen LogP contribution in [-0.4, -0.2) is 12.6 Å². The molecule has 0 fully saturated rings. The Kier molecular flexibility index (Phi) is 4.37. The lowest BCUT2D eigenvalue weighted by molar-refractivity contribution is 0.348. The third-order valence-corrected chi connectivity index (χ3v) is 2.28. The van der Waals surface area contributed by atoms with Crippen molar-refractivity contribution in [2.75, 3.05) is 7.05 Å². The Bertz CT molecular complexity index is 92.9. The minimum atomic E-state index is 0.314. The molecule has 0 heterocycles. The van der Waals surface area contributed by atoms with Crippen molar-refractivity contribution in [3.63, 3.8) is 0 Å². The molecule has 1 nitrogen and oxygen atoms in total. The molecule has 0 amide bonds. The fourth-order valence-electron chi connectivity index (χ4n) is 0.899. The average molecular weight is 141 g/mol. The Balaban J connectivity index is 3.68. The highest BCUT2D eigenvalue weighted by molar-refractivity contribution is 4.82. The Hall–Kier alpha value is -0.300. The molecule has 0 aromatic rings. The van der Waals surface area contributed by atoms with Gasteiger partial charge < -0.3 is 5.32 Å². The molecular formula is C9H19N. The highest BCUT2D eigenvalue weighted by atomic mass is 14.9. The molecule has 0 saturated carbocycles. The summed E-state index contributed by atoms with van der Waals surface area (Å²) in [5.41, 5.74) is 0.314. The van der Waals surface area contributed by atoms with Gasteiger partial charge in [-0.05, 0) is 33.2 Å². The summed E-state index contributed by atoms with van der Waals surface area (Å²) in [5.74, 6) is 0. The van der Waals surface area contributed by atoms with Gasteiger partial charge in [-0.1, -0.05) is 13.0 Å².